The molecule has 0 fully saturated rings. The van der Waals surface area contributed by atoms with Gasteiger partial charge in [-0.05, 0) is 88.3 Å². The van der Waals surface area contributed by atoms with Crippen LogP contribution in [-0.4, -0.2) is 59.4 Å². The fraction of sp³-hybridized carbons (Fsp3) is 0.600. The predicted molar refractivity (Wildman–Crippen MR) is 182 cm³/mol. The molecule has 0 aliphatic rings. The van der Waals surface area contributed by atoms with Crippen LogP contribution < -0.4 is 10.1 Å². The number of amides is 1. The molecule has 248 valence electrons. The maximum Gasteiger partial charge on any atom is 0.407 e. The molecule has 0 heterocycles. The van der Waals surface area contributed by atoms with Crippen LogP contribution >= 0.6 is 12.9 Å². The highest BCUT2D eigenvalue weighted by atomic mass is 32.1. The van der Waals surface area contributed by atoms with Gasteiger partial charge in [0.1, 0.15) is 5.75 Å². The van der Waals surface area contributed by atoms with Crippen molar-refractivity contribution in [3.8, 4) is 22.9 Å². The lowest BCUT2D eigenvalue weighted by molar-refractivity contribution is 0.133. The van der Waals surface area contributed by atoms with Crippen molar-refractivity contribution in [3.63, 3.8) is 0 Å². The quantitative estimate of drug-likeness (QED) is 0.0806. The molecule has 8 nitrogen and oxygen atoms in total. The number of alkyl carbamates (subject to hydrolysis) is 1. The molecule has 2 aromatic rings. The van der Waals surface area contributed by atoms with Gasteiger partial charge in [0.2, 0.25) is 0 Å². The van der Waals surface area contributed by atoms with Crippen molar-refractivity contribution in [1.29, 1.82) is 5.26 Å². The third kappa shape index (κ3) is 24.6. The fourth-order valence-corrected chi connectivity index (χ4v) is 3.84. The number of unbranched alkanes of at least 4 members (excludes halogenated alkanes) is 8. The van der Waals surface area contributed by atoms with E-state index in [-0.39, 0.29) is 6.09 Å². The van der Waals surface area contributed by atoms with Crippen molar-refractivity contribution in [2.24, 2.45) is 0 Å². The van der Waals surface area contributed by atoms with E-state index in [0.29, 0.717) is 38.5 Å². The lowest BCUT2D eigenvalue weighted by Gasteiger charge is -2.08. The monoisotopic (exact) mass is 632 g/mol. The van der Waals surface area contributed by atoms with Gasteiger partial charge in [0.05, 0.1) is 31.5 Å². The maximum atomic E-state index is 11.5. The second-order valence-corrected chi connectivity index (χ2v) is 10.1. The Balaban J connectivity index is 0.00000205. The van der Waals surface area contributed by atoms with Gasteiger partial charge >= 0.3 is 6.09 Å². The average Bonchev–Trinajstić information content (AvgIpc) is 3.07. The van der Waals surface area contributed by atoms with Crippen LogP contribution in [0.25, 0.3) is 11.1 Å². The molecular weight excluding hydrogens is 576 g/mol. The summed E-state index contributed by atoms with van der Waals surface area (Å²) < 4.78 is 25.1. The van der Waals surface area contributed by atoms with E-state index in [1.54, 1.807) is 7.11 Å². The Morgan fingerprint density at radius 2 is 1.23 bits per heavy atom. The molecule has 44 heavy (non-hydrogen) atoms. The first kappa shape index (κ1) is 41.2. The minimum absolute atomic E-state index is 0.324. The smallest absolute Gasteiger partial charge is 0.407 e. The van der Waals surface area contributed by atoms with Gasteiger partial charge in [-0.2, -0.15) is 5.26 Å². The molecular formula is C35H56N2O6S. The Morgan fingerprint density at radius 3 is 1.70 bits per heavy atom. The normalized spacial score (nSPS) is 10.0. The summed E-state index contributed by atoms with van der Waals surface area (Å²) in [5.74, 6) is 0.899. The minimum Gasteiger partial charge on any atom is -0.494 e. The standard InChI is InChI=1S/C30H42N2O4.C3H8O.C2H6OS/c1-2-34-22-12-21-32-30(33)36-24-11-9-7-5-3-4-6-8-10-23-35-29-19-17-28(18-20-29)27-15-13-26(25-31)14-16-27;1-3-4-2;1-2-3-4/h13-20H,2-12,21-24H2,1H3,(H,32,33);3H2,1-2H3;4H,2H2,1H3. The van der Waals surface area contributed by atoms with E-state index in [0.717, 1.165) is 55.8 Å². The van der Waals surface area contributed by atoms with Crippen molar-refractivity contribution in [1.82, 2.24) is 5.32 Å². The maximum absolute atomic E-state index is 11.5. The van der Waals surface area contributed by atoms with E-state index in [1.165, 1.54) is 38.5 Å². The van der Waals surface area contributed by atoms with E-state index in [4.69, 9.17) is 19.5 Å². The molecule has 0 atom stereocenters. The SMILES string of the molecule is CCOC.CCOCCCNC(=O)OCCCCCCCCCCCOc1ccc(-c2ccc(C#N)cc2)cc1.CCOS. The molecule has 2 rings (SSSR count). The van der Waals surface area contributed by atoms with Crippen LogP contribution in [0.15, 0.2) is 48.5 Å². The topological polar surface area (TPSA) is 99.0 Å². The van der Waals surface area contributed by atoms with Gasteiger partial charge in [-0.3, -0.25) is 0 Å². The van der Waals surface area contributed by atoms with Crippen molar-refractivity contribution in [2.45, 2.75) is 85.0 Å². The Morgan fingerprint density at radius 1 is 0.727 bits per heavy atom. The molecule has 1 N–H and O–H groups in total. The van der Waals surface area contributed by atoms with Gasteiger partial charge in [0.25, 0.3) is 0 Å². The number of carbonyl (C=O) groups is 1. The molecule has 0 saturated carbocycles. The molecule has 2 aromatic carbocycles. The van der Waals surface area contributed by atoms with Gasteiger partial charge < -0.3 is 28.4 Å². The van der Waals surface area contributed by atoms with Crippen molar-refractivity contribution in [3.05, 3.63) is 54.1 Å². The highest BCUT2D eigenvalue weighted by Gasteiger charge is 2.02. The molecule has 0 aromatic heterocycles. The number of nitrogens with zero attached hydrogens (tertiary/aromatic N) is 1. The number of methoxy groups -OCH3 is 1. The Kier molecular flexibility index (Phi) is 29.7. The number of nitrogens with one attached hydrogen (secondary N) is 1. The first-order chi connectivity index (χ1) is 21.6. The lowest BCUT2D eigenvalue weighted by atomic mass is 10.0. The van der Waals surface area contributed by atoms with Gasteiger partial charge in [0, 0.05) is 33.5 Å². The molecule has 0 saturated heterocycles. The van der Waals surface area contributed by atoms with Crippen molar-refractivity contribution in [2.75, 3.05) is 53.3 Å². The van der Waals surface area contributed by atoms with Gasteiger partial charge in [-0.1, -0.05) is 69.2 Å². The summed E-state index contributed by atoms with van der Waals surface area (Å²) in [6, 6.07) is 17.9. The zero-order chi connectivity index (χ0) is 32.5. The van der Waals surface area contributed by atoms with Crippen LogP contribution in [0.1, 0.15) is 90.5 Å². The molecule has 0 aliphatic carbocycles. The fourth-order valence-electron chi connectivity index (χ4n) is 3.84. The largest absolute Gasteiger partial charge is 0.494 e. The molecule has 0 aliphatic heterocycles. The number of rotatable bonds is 21. The summed E-state index contributed by atoms with van der Waals surface area (Å²) in [5.41, 5.74) is 2.89. The average molecular weight is 633 g/mol. The second kappa shape index (κ2) is 31.6. The van der Waals surface area contributed by atoms with Crippen LogP contribution in [0.2, 0.25) is 0 Å². The summed E-state index contributed by atoms with van der Waals surface area (Å²) in [7, 11) is 1.68. The van der Waals surface area contributed by atoms with Crippen LogP contribution in [-0.2, 0) is 18.4 Å². The molecule has 0 bridgehead atoms. The number of benzene rings is 2. The number of carbonyl (C=O) groups excluding carboxylic acids is 1. The number of hydrogen-bond donors (Lipinski definition) is 2. The number of thiol groups is 1. The van der Waals surface area contributed by atoms with E-state index in [2.05, 4.69) is 45.3 Å². The highest BCUT2D eigenvalue weighted by molar-refractivity contribution is 7.75. The third-order valence-electron chi connectivity index (χ3n) is 6.35. The molecule has 0 unspecified atom stereocenters. The minimum atomic E-state index is -0.324. The molecule has 9 heteroatoms. The zero-order valence-electron chi connectivity index (χ0n) is 27.5. The summed E-state index contributed by atoms with van der Waals surface area (Å²) in [6.07, 6.45) is 11.0. The first-order valence-electron chi connectivity index (χ1n) is 16.0. The van der Waals surface area contributed by atoms with E-state index < -0.39 is 0 Å². The van der Waals surface area contributed by atoms with E-state index in [1.807, 2.05) is 57.2 Å². The van der Waals surface area contributed by atoms with Gasteiger partial charge in [-0.15, -0.1) is 0 Å². The number of hydrogen-bond acceptors (Lipinski definition) is 8. The Bertz CT molecular complexity index is 943. The summed E-state index contributed by atoms with van der Waals surface area (Å²) in [4.78, 5) is 11.5. The number of ether oxygens (including phenoxy) is 4. The molecule has 0 radical (unpaired) electrons. The van der Waals surface area contributed by atoms with Gasteiger partial charge in [0.15, 0.2) is 0 Å². The van der Waals surface area contributed by atoms with Crippen molar-refractivity contribution >= 4 is 19.0 Å². The summed E-state index contributed by atoms with van der Waals surface area (Å²) >= 11 is 3.42. The van der Waals surface area contributed by atoms with Gasteiger partial charge in [-0.25, -0.2) is 4.79 Å². The highest BCUT2D eigenvalue weighted by Crippen LogP contribution is 2.23. The third-order valence-corrected chi connectivity index (χ3v) is 6.61. The summed E-state index contributed by atoms with van der Waals surface area (Å²) in [5, 5.41) is 11.7. The van der Waals surface area contributed by atoms with Crippen LogP contribution in [0.5, 0.6) is 5.75 Å². The van der Waals surface area contributed by atoms with Crippen LogP contribution in [0, 0.1) is 11.3 Å². The predicted octanol–water partition coefficient (Wildman–Crippen LogP) is 8.79. The summed E-state index contributed by atoms with van der Waals surface area (Å²) in [6.45, 7) is 10.5. The molecule has 0 spiro atoms. The van der Waals surface area contributed by atoms with E-state index in [9.17, 15) is 4.79 Å². The van der Waals surface area contributed by atoms with E-state index >= 15 is 0 Å². The first-order valence-corrected chi connectivity index (χ1v) is 16.4. The second-order valence-electron chi connectivity index (χ2n) is 9.85. The molecule has 1 amide bonds. The Labute approximate surface area is 272 Å². The number of nitriles is 1. The zero-order valence-corrected chi connectivity index (χ0v) is 28.4. The van der Waals surface area contributed by atoms with Crippen LogP contribution in [0.4, 0.5) is 4.79 Å². The van der Waals surface area contributed by atoms with Crippen LogP contribution in [0.3, 0.4) is 0 Å². The van der Waals surface area contributed by atoms with Crippen molar-refractivity contribution < 1.29 is 27.9 Å². The Hall–Kier alpha value is -2.77. The lowest BCUT2D eigenvalue weighted by Crippen LogP contribution is -2.26.